The van der Waals surface area contributed by atoms with Crippen molar-refractivity contribution >= 4 is 17.6 Å². The molecule has 0 saturated heterocycles. The van der Waals surface area contributed by atoms with Gasteiger partial charge in [-0.05, 0) is 36.5 Å². The first-order valence-corrected chi connectivity index (χ1v) is 9.13. The molecule has 5 heteroatoms. The van der Waals surface area contributed by atoms with Crippen LogP contribution in [0.5, 0.6) is 0 Å². The van der Waals surface area contributed by atoms with E-state index < -0.39 is 6.03 Å². The van der Waals surface area contributed by atoms with Crippen molar-refractivity contribution in [2.45, 2.75) is 40.7 Å². The molecule has 0 bridgehead atoms. The first-order chi connectivity index (χ1) is 12.7. The largest absolute Gasteiger partial charge is 0.325 e. The molecule has 2 rings (SSSR count). The molecule has 1 unspecified atom stereocenters. The molecule has 0 aliphatic carbocycles. The van der Waals surface area contributed by atoms with Gasteiger partial charge in [-0.3, -0.25) is 10.1 Å². The lowest BCUT2D eigenvalue weighted by Gasteiger charge is -2.32. The Kier molecular flexibility index (Phi) is 6.75. The van der Waals surface area contributed by atoms with Crippen molar-refractivity contribution in [2.24, 2.45) is 5.41 Å². The van der Waals surface area contributed by atoms with Crippen molar-refractivity contribution in [3.63, 3.8) is 0 Å². The summed E-state index contributed by atoms with van der Waals surface area (Å²) >= 11 is 0. The van der Waals surface area contributed by atoms with Crippen LogP contribution in [-0.2, 0) is 4.79 Å². The predicted octanol–water partition coefficient (Wildman–Crippen LogP) is 4.33. The van der Waals surface area contributed by atoms with Gasteiger partial charge in [0.1, 0.15) is 0 Å². The zero-order chi connectivity index (χ0) is 20.0. The molecule has 0 saturated carbocycles. The van der Waals surface area contributed by atoms with Crippen LogP contribution in [0.3, 0.4) is 0 Å². The summed E-state index contributed by atoms with van der Waals surface area (Å²) in [4.78, 5) is 24.3. The highest BCUT2D eigenvalue weighted by Gasteiger charge is 2.26. The third kappa shape index (κ3) is 6.22. The van der Waals surface area contributed by atoms with Crippen molar-refractivity contribution in [1.82, 2.24) is 10.6 Å². The van der Waals surface area contributed by atoms with Crippen molar-refractivity contribution in [3.05, 3.63) is 65.2 Å². The van der Waals surface area contributed by atoms with Crippen molar-refractivity contribution < 1.29 is 9.59 Å². The number of nitrogens with one attached hydrogen (secondary N) is 3. The van der Waals surface area contributed by atoms with E-state index in [0.717, 1.165) is 16.7 Å². The van der Waals surface area contributed by atoms with Crippen LogP contribution < -0.4 is 16.0 Å². The second-order valence-corrected chi connectivity index (χ2v) is 7.91. The number of hydrogen-bond donors (Lipinski definition) is 3. The van der Waals surface area contributed by atoms with Crippen molar-refractivity contribution in [2.75, 3.05) is 11.9 Å². The molecule has 0 aliphatic rings. The molecule has 0 aliphatic heterocycles. The Balaban J connectivity index is 1.93. The van der Waals surface area contributed by atoms with Crippen LogP contribution in [0.1, 0.15) is 43.5 Å². The Labute approximate surface area is 161 Å². The lowest BCUT2D eigenvalue weighted by Crippen LogP contribution is -2.43. The molecule has 1 atom stereocenters. The van der Waals surface area contributed by atoms with Gasteiger partial charge < -0.3 is 10.6 Å². The van der Waals surface area contributed by atoms with Gasteiger partial charge in [-0.1, -0.05) is 68.8 Å². The van der Waals surface area contributed by atoms with Crippen LogP contribution >= 0.6 is 0 Å². The number of imide groups is 1. The summed E-state index contributed by atoms with van der Waals surface area (Å²) in [7, 11) is 0. The fourth-order valence-corrected chi connectivity index (χ4v) is 3.04. The summed E-state index contributed by atoms with van der Waals surface area (Å²) < 4.78 is 0. The van der Waals surface area contributed by atoms with E-state index in [2.05, 4.69) is 36.7 Å². The molecular weight excluding hydrogens is 338 g/mol. The first-order valence-electron chi connectivity index (χ1n) is 9.13. The molecule has 5 nitrogen and oxygen atoms in total. The molecule has 3 N–H and O–H groups in total. The van der Waals surface area contributed by atoms with E-state index in [-0.39, 0.29) is 23.9 Å². The summed E-state index contributed by atoms with van der Waals surface area (Å²) in [5.41, 5.74) is 3.79. The van der Waals surface area contributed by atoms with Crippen molar-refractivity contribution in [3.8, 4) is 0 Å². The maximum Gasteiger partial charge on any atom is 0.325 e. The number of benzene rings is 2. The van der Waals surface area contributed by atoms with E-state index >= 15 is 0 Å². The summed E-state index contributed by atoms with van der Waals surface area (Å²) in [5, 5.41) is 8.37. The average Bonchev–Trinajstić information content (AvgIpc) is 2.57. The number of hydrogen-bond acceptors (Lipinski definition) is 3. The van der Waals surface area contributed by atoms with Gasteiger partial charge in [-0.15, -0.1) is 0 Å². The Bertz CT molecular complexity index is 795. The second-order valence-electron chi connectivity index (χ2n) is 7.91. The van der Waals surface area contributed by atoms with Crippen LogP contribution in [0, 0.1) is 19.3 Å². The van der Waals surface area contributed by atoms with Gasteiger partial charge in [0.05, 0.1) is 6.54 Å². The fraction of sp³-hybridized carbons (Fsp3) is 0.364. The molecule has 2 aromatic rings. The Morgan fingerprint density at radius 3 is 2.26 bits per heavy atom. The Morgan fingerprint density at radius 1 is 1.00 bits per heavy atom. The molecule has 0 aromatic heterocycles. The van der Waals surface area contributed by atoms with Crippen LogP contribution in [-0.4, -0.2) is 18.5 Å². The standard InChI is InChI=1S/C22H29N3O2/c1-15-11-12-18(16(2)13-15)24-21(27)25-19(26)14-23-20(22(3,4)5)17-9-7-6-8-10-17/h6-13,20,23H,14H2,1-5H3,(H2,24,25,26,27). The van der Waals surface area contributed by atoms with Gasteiger partial charge >= 0.3 is 6.03 Å². The van der Waals surface area contributed by atoms with Gasteiger partial charge in [0.2, 0.25) is 5.91 Å². The van der Waals surface area contributed by atoms with E-state index in [9.17, 15) is 9.59 Å². The smallest absolute Gasteiger partial charge is 0.307 e. The molecule has 0 fully saturated rings. The SMILES string of the molecule is Cc1ccc(NC(=O)NC(=O)CNC(c2ccccc2)C(C)(C)C)c(C)c1. The highest BCUT2D eigenvalue weighted by atomic mass is 16.2. The van der Waals surface area contributed by atoms with E-state index in [1.54, 1.807) is 0 Å². The van der Waals surface area contributed by atoms with E-state index in [1.807, 2.05) is 62.4 Å². The van der Waals surface area contributed by atoms with Crippen LogP contribution in [0.15, 0.2) is 48.5 Å². The van der Waals surface area contributed by atoms with Gasteiger partial charge in [0.25, 0.3) is 0 Å². The number of aryl methyl sites for hydroxylation is 2. The normalized spacial score (nSPS) is 12.3. The minimum absolute atomic E-state index is 0.00754. The van der Waals surface area contributed by atoms with E-state index in [0.29, 0.717) is 5.69 Å². The van der Waals surface area contributed by atoms with Gasteiger partial charge in [-0.25, -0.2) is 4.79 Å². The lowest BCUT2D eigenvalue weighted by molar-refractivity contribution is -0.119. The minimum Gasteiger partial charge on any atom is -0.307 e. The summed E-state index contributed by atoms with van der Waals surface area (Å²) in [5.74, 6) is -0.373. The summed E-state index contributed by atoms with van der Waals surface area (Å²) in [6, 6.07) is 15.2. The molecule has 27 heavy (non-hydrogen) atoms. The number of urea groups is 1. The number of anilines is 1. The summed E-state index contributed by atoms with van der Waals surface area (Å²) in [6.45, 7) is 10.3. The average molecular weight is 367 g/mol. The monoisotopic (exact) mass is 367 g/mol. The molecule has 0 heterocycles. The second kappa shape index (κ2) is 8.82. The van der Waals surface area contributed by atoms with Crippen LogP contribution in [0.25, 0.3) is 0 Å². The quantitative estimate of drug-likeness (QED) is 0.737. The number of rotatable bonds is 5. The Morgan fingerprint density at radius 2 is 1.67 bits per heavy atom. The van der Waals surface area contributed by atoms with Crippen LogP contribution in [0.4, 0.5) is 10.5 Å². The van der Waals surface area contributed by atoms with Crippen LogP contribution in [0.2, 0.25) is 0 Å². The van der Waals surface area contributed by atoms with E-state index in [4.69, 9.17) is 0 Å². The van der Waals surface area contributed by atoms with E-state index in [1.165, 1.54) is 0 Å². The maximum absolute atomic E-state index is 12.2. The first kappa shape index (κ1) is 20.6. The molecule has 144 valence electrons. The third-order valence-electron chi connectivity index (χ3n) is 4.35. The molecule has 0 spiro atoms. The minimum atomic E-state index is -0.527. The Hall–Kier alpha value is -2.66. The molecular formula is C22H29N3O2. The number of amides is 3. The van der Waals surface area contributed by atoms with Gasteiger partial charge in [-0.2, -0.15) is 0 Å². The topological polar surface area (TPSA) is 70.2 Å². The van der Waals surface area contributed by atoms with Gasteiger partial charge in [0, 0.05) is 11.7 Å². The molecule has 3 amide bonds. The summed E-state index contributed by atoms with van der Waals surface area (Å²) in [6.07, 6.45) is 0. The molecule has 2 aromatic carbocycles. The predicted molar refractivity (Wildman–Crippen MR) is 110 cm³/mol. The van der Waals surface area contributed by atoms with Gasteiger partial charge in [0.15, 0.2) is 0 Å². The fourth-order valence-electron chi connectivity index (χ4n) is 3.04. The highest BCUT2D eigenvalue weighted by Crippen LogP contribution is 2.32. The maximum atomic E-state index is 12.2. The lowest BCUT2D eigenvalue weighted by atomic mass is 9.82. The number of carbonyl (C=O) groups is 2. The number of carbonyl (C=O) groups excluding carboxylic acids is 2. The third-order valence-corrected chi connectivity index (χ3v) is 4.35. The van der Waals surface area contributed by atoms with Crippen molar-refractivity contribution in [1.29, 1.82) is 0 Å². The zero-order valence-electron chi connectivity index (χ0n) is 16.7. The zero-order valence-corrected chi connectivity index (χ0v) is 16.7. The highest BCUT2D eigenvalue weighted by molar-refractivity contribution is 6.02. The molecule has 0 radical (unpaired) electrons.